The average Bonchev–Trinajstić information content (AvgIpc) is 3.10. The van der Waals surface area contributed by atoms with Crippen molar-refractivity contribution in [3.63, 3.8) is 0 Å². The molecule has 0 radical (unpaired) electrons. The lowest BCUT2D eigenvalue weighted by Gasteiger charge is -2.31. The minimum atomic E-state index is -4.64. The van der Waals surface area contributed by atoms with Gasteiger partial charge in [-0.05, 0) is 13.0 Å². The summed E-state index contributed by atoms with van der Waals surface area (Å²) in [5.41, 5.74) is 5.44. The third kappa shape index (κ3) is 3.91. The van der Waals surface area contributed by atoms with E-state index >= 15 is 0 Å². The molecule has 7 nitrogen and oxygen atoms in total. The highest BCUT2D eigenvalue weighted by Gasteiger charge is 2.42. The van der Waals surface area contributed by atoms with Gasteiger partial charge < -0.3 is 16.0 Å². The lowest BCUT2D eigenvalue weighted by Crippen LogP contribution is -2.52. The molecule has 3 rings (SSSR count). The fourth-order valence-corrected chi connectivity index (χ4v) is 2.97. The summed E-state index contributed by atoms with van der Waals surface area (Å²) in [6.07, 6.45) is 3.45. The molecule has 0 amide bonds. The molecule has 2 aliphatic rings. The highest BCUT2D eigenvalue weighted by Crippen LogP contribution is 2.31. The molecule has 0 aromatic carbocycles. The fourth-order valence-electron chi connectivity index (χ4n) is 2.97. The van der Waals surface area contributed by atoms with Gasteiger partial charge in [-0.3, -0.25) is 10.4 Å². The van der Waals surface area contributed by atoms with E-state index in [-0.39, 0.29) is 13.1 Å². The average molecular weight is 385 g/mol. The van der Waals surface area contributed by atoms with Crippen LogP contribution < -0.4 is 21.7 Å². The first-order chi connectivity index (χ1) is 12.7. The van der Waals surface area contributed by atoms with Crippen molar-refractivity contribution in [2.24, 2.45) is 10.7 Å². The summed E-state index contributed by atoms with van der Waals surface area (Å²) in [6.45, 7) is 0.699. The number of halogens is 4. The minimum Gasteiger partial charge on any atom is -0.359 e. The first-order valence-electron chi connectivity index (χ1n) is 8.25. The highest BCUT2D eigenvalue weighted by atomic mass is 19.4. The number of aromatic nitrogens is 2. The summed E-state index contributed by atoms with van der Waals surface area (Å²) in [5, 5.41) is 12.0. The predicted molar refractivity (Wildman–Crippen MR) is 91.1 cm³/mol. The summed E-state index contributed by atoms with van der Waals surface area (Å²) < 4.78 is 55.1. The van der Waals surface area contributed by atoms with E-state index < -0.39 is 35.6 Å². The molecule has 1 unspecified atom stereocenters. The van der Waals surface area contributed by atoms with Crippen LogP contribution in [-0.2, 0) is 5.79 Å². The summed E-state index contributed by atoms with van der Waals surface area (Å²) >= 11 is 0. The maximum absolute atomic E-state index is 14.1. The third-order valence-electron chi connectivity index (χ3n) is 4.40. The molecule has 0 bridgehead atoms. The van der Waals surface area contributed by atoms with Gasteiger partial charge in [0.15, 0.2) is 0 Å². The molecular formula is C16H19F4N7. The molecule has 1 saturated heterocycles. The van der Waals surface area contributed by atoms with Gasteiger partial charge in [-0.25, -0.2) is 9.38 Å². The Balaban J connectivity index is 1.89. The van der Waals surface area contributed by atoms with Crippen molar-refractivity contribution in [1.29, 1.82) is 0 Å². The second-order valence-electron chi connectivity index (χ2n) is 6.27. The van der Waals surface area contributed by atoms with E-state index in [1.165, 1.54) is 17.1 Å². The maximum atomic E-state index is 14.1. The summed E-state index contributed by atoms with van der Waals surface area (Å²) in [4.78, 5) is 3.98. The van der Waals surface area contributed by atoms with E-state index in [4.69, 9.17) is 12.2 Å². The largest absolute Gasteiger partial charge is 0.421 e. The van der Waals surface area contributed by atoms with Gasteiger partial charge in [-0.1, -0.05) is 5.92 Å². The smallest absolute Gasteiger partial charge is 0.359 e. The van der Waals surface area contributed by atoms with Crippen LogP contribution in [0.4, 0.5) is 17.6 Å². The number of piperidine rings is 1. The molecule has 2 aliphatic heterocycles. The van der Waals surface area contributed by atoms with Gasteiger partial charge in [0, 0.05) is 18.9 Å². The predicted octanol–water partition coefficient (Wildman–Crippen LogP) is 0.495. The summed E-state index contributed by atoms with van der Waals surface area (Å²) in [6, 6.07) is -0.475. The van der Waals surface area contributed by atoms with E-state index in [0.717, 1.165) is 6.20 Å². The van der Waals surface area contributed by atoms with Crippen LogP contribution in [0.15, 0.2) is 29.2 Å². The van der Waals surface area contributed by atoms with E-state index in [0.29, 0.717) is 18.5 Å². The van der Waals surface area contributed by atoms with Crippen molar-refractivity contribution in [2.45, 2.75) is 30.6 Å². The molecule has 146 valence electrons. The first-order valence-corrected chi connectivity index (χ1v) is 8.25. The maximum Gasteiger partial charge on any atom is 0.421 e. The minimum absolute atomic E-state index is 0.153. The number of aliphatic imine (C=N–C) groups is 1. The van der Waals surface area contributed by atoms with Gasteiger partial charge in [0.2, 0.25) is 5.79 Å². The normalized spacial score (nSPS) is 28.6. The van der Waals surface area contributed by atoms with Crippen molar-refractivity contribution >= 4 is 5.84 Å². The summed E-state index contributed by atoms with van der Waals surface area (Å²) in [5.74, 6) is 0.0300. The van der Waals surface area contributed by atoms with Crippen molar-refractivity contribution in [1.82, 2.24) is 25.7 Å². The Morgan fingerprint density at radius 1 is 1.48 bits per heavy atom. The van der Waals surface area contributed by atoms with E-state index in [1.807, 2.05) is 0 Å². The first kappa shape index (κ1) is 19.2. The quantitative estimate of drug-likeness (QED) is 0.449. The van der Waals surface area contributed by atoms with Gasteiger partial charge in [-0.15, -0.1) is 6.42 Å². The Hall–Kier alpha value is -2.58. The molecule has 27 heavy (non-hydrogen) atoms. The lowest BCUT2D eigenvalue weighted by molar-refractivity contribution is -0.0872. The van der Waals surface area contributed by atoms with Crippen LogP contribution in [0, 0.1) is 12.3 Å². The molecule has 1 fully saturated rings. The zero-order valence-electron chi connectivity index (χ0n) is 14.2. The molecule has 3 heterocycles. The Morgan fingerprint density at radius 3 is 2.93 bits per heavy atom. The lowest BCUT2D eigenvalue weighted by atomic mass is 10.1. The number of rotatable bonds is 3. The fraction of sp³-hybridized carbons (Fsp3) is 0.500. The van der Waals surface area contributed by atoms with Crippen molar-refractivity contribution < 1.29 is 17.6 Å². The van der Waals surface area contributed by atoms with Crippen LogP contribution in [0.25, 0.3) is 0 Å². The van der Waals surface area contributed by atoms with Crippen molar-refractivity contribution in [3.8, 4) is 12.3 Å². The van der Waals surface area contributed by atoms with Crippen LogP contribution >= 0.6 is 0 Å². The Kier molecular flexibility index (Phi) is 5.12. The van der Waals surface area contributed by atoms with Crippen LogP contribution in [0.5, 0.6) is 0 Å². The van der Waals surface area contributed by atoms with E-state index in [9.17, 15) is 17.6 Å². The Morgan fingerprint density at radius 2 is 2.26 bits per heavy atom. The molecule has 5 N–H and O–H groups in total. The van der Waals surface area contributed by atoms with Gasteiger partial charge in [0.25, 0.3) is 0 Å². The second-order valence-corrected chi connectivity index (χ2v) is 6.27. The summed E-state index contributed by atoms with van der Waals surface area (Å²) in [7, 11) is 0. The van der Waals surface area contributed by atoms with Crippen LogP contribution in [0.2, 0.25) is 0 Å². The number of amidine groups is 1. The topological polar surface area (TPSA) is 92.3 Å². The number of hydrogen-bond donors (Lipinski definition) is 4. The van der Waals surface area contributed by atoms with Crippen LogP contribution in [0.3, 0.4) is 0 Å². The molecule has 0 spiro atoms. The number of nitrogens with zero attached hydrogens (tertiary/aromatic N) is 3. The van der Waals surface area contributed by atoms with Gasteiger partial charge in [0.05, 0.1) is 24.3 Å². The molecule has 1 aromatic heterocycles. The number of alkyl halides is 4. The van der Waals surface area contributed by atoms with Crippen LogP contribution in [0.1, 0.15) is 18.0 Å². The molecule has 0 aliphatic carbocycles. The molecule has 0 saturated carbocycles. The monoisotopic (exact) mass is 385 g/mol. The van der Waals surface area contributed by atoms with Crippen LogP contribution in [-0.4, -0.2) is 47.6 Å². The van der Waals surface area contributed by atoms with E-state index in [2.05, 4.69) is 32.0 Å². The van der Waals surface area contributed by atoms with Gasteiger partial charge in [-0.2, -0.15) is 18.3 Å². The molecule has 11 heteroatoms. The molecule has 1 aromatic rings. The second kappa shape index (κ2) is 7.21. The van der Waals surface area contributed by atoms with Gasteiger partial charge >= 0.3 is 6.18 Å². The third-order valence-corrected chi connectivity index (χ3v) is 4.40. The zero-order chi connectivity index (χ0) is 19.7. The van der Waals surface area contributed by atoms with Crippen molar-refractivity contribution in [3.05, 3.63) is 29.7 Å². The highest BCUT2D eigenvalue weighted by molar-refractivity contribution is 6.00. The zero-order valence-corrected chi connectivity index (χ0v) is 14.2. The van der Waals surface area contributed by atoms with Gasteiger partial charge in [0.1, 0.15) is 17.6 Å². The number of nitrogens with one attached hydrogen (secondary N) is 3. The SMILES string of the molecule is C#CCNC1=NC(N)(c2cnn([C@@H]3CCNC[C@H]3F)c2)NC=C1C(F)(F)F. The molecule has 3 atom stereocenters. The van der Waals surface area contributed by atoms with Crippen molar-refractivity contribution in [2.75, 3.05) is 19.6 Å². The number of terminal acetylenes is 1. The molecular weight excluding hydrogens is 366 g/mol. The Labute approximate surface area is 153 Å². The van der Waals surface area contributed by atoms with E-state index in [1.54, 1.807) is 0 Å². The number of nitrogens with two attached hydrogens (primary N) is 1. The standard InChI is InChI=1S/C16H19F4N7/c1-2-4-23-14-11(15(18,19)20)7-24-16(21,26-14)10-6-25-27(9-10)13-3-5-22-8-12(13)17/h1,6-7,9,12-13,22,24H,3-5,8,21H2,(H,23,26)/t12-,13-,16?/m1/s1. The number of hydrogen-bond acceptors (Lipinski definition) is 6. The Bertz CT molecular complexity index is 791.